The Kier molecular flexibility index (Phi) is 5.54. The van der Waals surface area contributed by atoms with Crippen molar-refractivity contribution < 1.29 is 3.07 Å². The van der Waals surface area contributed by atoms with Crippen molar-refractivity contribution in [3.05, 3.63) is 0 Å². The minimum Gasteiger partial charge on any atom is -0.280 e. The fourth-order valence-corrected chi connectivity index (χ4v) is 1.12. The van der Waals surface area contributed by atoms with Crippen molar-refractivity contribution in [1.29, 1.82) is 5.26 Å². The molecule has 1 atom stereocenters. The van der Waals surface area contributed by atoms with Crippen LogP contribution >= 0.6 is 23.0 Å². The number of unbranched alkanes of at least 4 members (excludes halogenated alkanes) is 1. The van der Waals surface area contributed by atoms with Crippen LogP contribution in [-0.2, 0) is 3.07 Å². The third kappa shape index (κ3) is 3.13. The van der Waals surface area contributed by atoms with Crippen LogP contribution in [0.3, 0.4) is 0 Å². The number of nitrogens with zero attached hydrogens (tertiary/aromatic N) is 1. The summed E-state index contributed by atoms with van der Waals surface area (Å²) in [6.07, 6.45) is 12.0. The standard InChI is InChI=1S/C9H8INO/c1-3-5-6-7-9(4-2,8-11)12-10/h1-2H,5-7H2. The van der Waals surface area contributed by atoms with E-state index < -0.39 is 5.60 Å². The molecule has 0 saturated heterocycles. The Hall–Kier alpha value is -0.700. The highest BCUT2D eigenvalue weighted by Gasteiger charge is 2.26. The Morgan fingerprint density at radius 2 is 2.17 bits per heavy atom. The van der Waals surface area contributed by atoms with E-state index in [0.717, 1.165) is 0 Å². The number of halogens is 1. The monoisotopic (exact) mass is 273 g/mol. The molecule has 0 aromatic rings. The van der Waals surface area contributed by atoms with E-state index in [2.05, 4.69) is 11.8 Å². The first-order valence-electron chi connectivity index (χ1n) is 3.37. The van der Waals surface area contributed by atoms with Crippen molar-refractivity contribution in [2.75, 3.05) is 0 Å². The first-order chi connectivity index (χ1) is 5.74. The molecular weight excluding hydrogens is 265 g/mol. The average Bonchev–Trinajstić information content (AvgIpc) is 2.14. The van der Waals surface area contributed by atoms with E-state index in [1.165, 1.54) is 0 Å². The highest BCUT2D eigenvalue weighted by atomic mass is 127. The van der Waals surface area contributed by atoms with Crippen molar-refractivity contribution in [2.24, 2.45) is 0 Å². The summed E-state index contributed by atoms with van der Waals surface area (Å²) in [4.78, 5) is 0. The van der Waals surface area contributed by atoms with Crippen LogP contribution < -0.4 is 0 Å². The lowest BCUT2D eigenvalue weighted by Crippen LogP contribution is -2.24. The molecule has 3 heteroatoms. The molecule has 1 unspecified atom stereocenters. The molecule has 0 amide bonds. The second kappa shape index (κ2) is 5.89. The van der Waals surface area contributed by atoms with Crippen LogP contribution in [0.2, 0.25) is 0 Å². The van der Waals surface area contributed by atoms with Crippen LogP contribution in [0.5, 0.6) is 0 Å². The molecule has 2 nitrogen and oxygen atoms in total. The van der Waals surface area contributed by atoms with Gasteiger partial charge in [-0.05, 0) is 6.42 Å². The molecule has 0 fully saturated rings. The Bertz CT molecular complexity index is 239. The number of terminal acetylenes is 2. The Morgan fingerprint density at radius 3 is 2.50 bits per heavy atom. The number of hydrogen-bond acceptors (Lipinski definition) is 2. The van der Waals surface area contributed by atoms with Gasteiger partial charge in [-0.2, -0.15) is 5.26 Å². The van der Waals surface area contributed by atoms with Crippen molar-refractivity contribution in [3.8, 4) is 30.8 Å². The Balaban J connectivity index is 4.10. The number of hydrogen-bond donors (Lipinski definition) is 0. The largest absolute Gasteiger partial charge is 0.280 e. The van der Waals surface area contributed by atoms with E-state index in [0.29, 0.717) is 19.3 Å². The summed E-state index contributed by atoms with van der Waals surface area (Å²) in [6.45, 7) is 0. The maximum atomic E-state index is 8.70. The topological polar surface area (TPSA) is 33.0 Å². The predicted octanol–water partition coefficient (Wildman–Crippen LogP) is 2.05. The summed E-state index contributed by atoms with van der Waals surface area (Å²) in [5.41, 5.74) is -1.10. The summed E-state index contributed by atoms with van der Waals surface area (Å²) in [7, 11) is 0. The van der Waals surface area contributed by atoms with Gasteiger partial charge in [0, 0.05) is 12.8 Å². The molecule has 0 bridgehead atoms. The highest BCUT2D eigenvalue weighted by molar-refractivity contribution is 14.1. The maximum Gasteiger partial charge on any atom is 0.226 e. The van der Waals surface area contributed by atoms with Gasteiger partial charge in [-0.25, -0.2) is 0 Å². The first-order valence-corrected chi connectivity index (χ1v) is 4.25. The summed E-state index contributed by atoms with van der Waals surface area (Å²) < 4.78 is 4.89. The second-order valence-electron chi connectivity index (χ2n) is 2.22. The summed E-state index contributed by atoms with van der Waals surface area (Å²) in [5, 5.41) is 8.70. The van der Waals surface area contributed by atoms with Crippen LogP contribution in [0.4, 0.5) is 0 Å². The quantitative estimate of drug-likeness (QED) is 0.446. The zero-order valence-corrected chi connectivity index (χ0v) is 8.67. The van der Waals surface area contributed by atoms with Crippen LogP contribution in [0.15, 0.2) is 0 Å². The van der Waals surface area contributed by atoms with Crippen molar-refractivity contribution >= 4 is 23.0 Å². The van der Waals surface area contributed by atoms with Gasteiger partial charge in [0.2, 0.25) is 5.60 Å². The Morgan fingerprint density at radius 1 is 1.50 bits per heavy atom. The minimum absolute atomic E-state index is 0.479. The molecule has 12 heavy (non-hydrogen) atoms. The second-order valence-corrected chi connectivity index (χ2v) is 2.66. The molecule has 0 rings (SSSR count). The third-order valence-corrected chi connectivity index (χ3v) is 2.15. The predicted molar refractivity (Wildman–Crippen MR) is 55.0 cm³/mol. The van der Waals surface area contributed by atoms with Gasteiger partial charge in [0.15, 0.2) is 0 Å². The van der Waals surface area contributed by atoms with Crippen LogP contribution in [0.25, 0.3) is 0 Å². The van der Waals surface area contributed by atoms with E-state index in [4.69, 9.17) is 21.2 Å². The normalized spacial score (nSPS) is 13.5. The molecule has 0 aliphatic heterocycles. The molecular formula is C9H8INO. The molecule has 0 aliphatic carbocycles. The lowest BCUT2D eigenvalue weighted by atomic mass is 10.00. The molecule has 0 heterocycles. The molecule has 0 aromatic carbocycles. The SMILES string of the molecule is C#CCCCC(C#C)(C#N)OI. The fourth-order valence-electron chi connectivity index (χ4n) is 0.678. The minimum atomic E-state index is -1.10. The van der Waals surface area contributed by atoms with Crippen molar-refractivity contribution in [2.45, 2.75) is 24.9 Å². The van der Waals surface area contributed by atoms with E-state index in [-0.39, 0.29) is 0 Å². The van der Waals surface area contributed by atoms with Gasteiger partial charge in [-0.1, -0.05) is 5.92 Å². The number of nitriles is 1. The Labute approximate surface area is 87.0 Å². The van der Waals surface area contributed by atoms with E-state index in [1.54, 1.807) is 23.0 Å². The summed E-state index contributed by atoms with van der Waals surface area (Å²) in [5.74, 6) is 4.79. The number of rotatable bonds is 4. The van der Waals surface area contributed by atoms with Gasteiger partial charge in [0.05, 0.1) is 0 Å². The third-order valence-electron chi connectivity index (χ3n) is 1.40. The van der Waals surface area contributed by atoms with Crippen molar-refractivity contribution in [1.82, 2.24) is 0 Å². The smallest absolute Gasteiger partial charge is 0.226 e. The lowest BCUT2D eigenvalue weighted by molar-refractivity contribution is 0.251. The van der Waals surface area contributed by atoms with Crippen LogP contribution in [-0.4, -0.2) is 5.60 Å². The fraction of sp³-hybridized carbons (Fsp3) is 0.444. The molecule has 0 aliphatic rings. The molecule has 62 valence electrons. The zero-order valence-electron chi connectivity index (χ0n) is 6.51. The van der Waals surface area contributed by atoms with Gasteiger partial charge in [0.25, 0.3) is 0 Å². The van der Waals surface area contributed by atoms with E-state index in [1.807, 2.05) is 6.07 Å². The maximum absolute atomic E-state index is 8.70. The molecule has 0 radical (unpaired) electrons. The van der Waals surface area contributed by atoms with E-state index >= 15 is 0 Å². The first kappa shape index (κ1) is 11.3. The van der Waals surface area contributed by atoms with Gasteiger partial charge in [0.1, 0.15) is 29.1 Å². The van der Waals surface area contributed by atoms with E-state index in [9.17, 15) is 0 Å². The molecule has 0 aromatic heterocycles. The van der Waals surface area contributed by atoms with Crippen molar-refractivity contribution in [3.63, 3.8) is 0 Å². The average molecular weight is 273 g/mol. The summed E-state index contributed by atoms with van der Waals surface area (Å²) >= 11 is 1.64. The molecule has 0 spiro atoms. The van der Waals surface area contributed by atoms with Crippen LogP contribution in [0.1, 0.15) is 19.3 Å². The van der Waals surface area contributed by atoms with Gasteiger partial charge >= 0.3 is 0 Å². The zero-order chi connectivity index (χ0) is 9.45. The van der Waals surface area contributed by atoms with Gasteiger partial charge in [-0.3, -0.25) is 3.07 Å². The highest BCUT2D eigenvalue weighted by Crippen LogP contribution is 2.20. The van der Waals surface area contributed by atoms with Crippen LogP contribution in [0, 0.1) is 36.0 Å². The lowest BCUT2D eigenvalue weighted by Gasteiger charge is -2.15. The summed E-state index contributed by atoms with van der Waals surface area (Å²) in [6, 6.07) is 1.94. The van der Waals surface area contributed by atoms with Gasteiger partial charge < -0.3 is 0 Å². The molecule has 0 saturated carbocycles. The molecule has 0 N–H and O–H groups in total. The van der Waals surface area contributed by atoms with Gasteiger partial charge in [-0.15, -0.1) is 18.8 Å².